The van der Waals surface area contributed by atoms with Crippen LogP contribution in [-0.4, -0.2) is 34.7 Å². The number of hydrogen-bond acceptors (Lipinski definition) is 5. The molecule has 3 aliphatic rings. The number of allylic oxidation sites excluding steroid dienone is 2. The Labute approximate surface area is 184 Å². The standard InChI is InChI=1S/C25H34O6/c1-17(26)30-23-16-20-14-19(8-4-5-9-24(28)29)15-22(20)21(23)10-13-25(31-18(2)27)11-6-3-7-12-25/h8,20-23H,3-7,9,11-12,14-16H2,1-2H3,(H,28,29)/b19-8-/t20?,21-,22?,23-/m1/s1. The second kappa shape index (κ2) is 10.3. The van der Waals surface area contributed by atoms with Gasteiger partial charge in [-0.05, 0) is 69.6 Å². The van der Waals surface area contributed by atoms with Gasteiger partial charge in [0.2, 0.25) is 0 Å². The van der Waals surface area contributed by atoms with Crippen LogP contribution in [-0.2, 0) is 23.9 Å². The molecule has 3 fully saturated rings. The minimum absolute atomic E-state index is 0.0619. The number of aliphatic carboxylic acids is 1. The second-order valence-electron chi connectivity index (χ2n) is 9.31. The van der Waals surface area contributed by atoms with E-state index in [1.54, 1.807) is 0 Å². The zero-order chi connectivity index (χ0) is 22.4. The maximum absolute atomic E-state index is 11.7. The third kappa shape index (κ3) is 6.35. The van der Waals surface area contributed by atoms with Crippen molar-refractivity contribution in [1.82, 2.24) is 0 Å². The minimum atomic E-state index is -0.759. The van der Waals surface area contributed by atoms with Crippen LogP contribution in [0.4, 0.5) is 0 Å². The molecule has 170 valence electrons. The summed E-state index contributed by atoms with van der Waals surface area (Å²) < 4.78 is 11.3. The fourth-order valence-electron chi connectivity index (χ4n) is 5.57. The lowest BCUT2D eigenvalue weighted by molar-refractivity contribution is -0.153. The molecule has 3 rings (SSSR count). The Morgan fingerprint density at radius 2 is 1.87 bits per heavy atom. The summed E-state index contributed by atoms with van der Waals surface area (Å²) in [6.07, 6.45) is 10.9. The van der Waals surface area contributed by atoms with E-state index < -0.39 is 11.6 Å². The molecule has 0 aliphatic heterocycles. The lowest BCUT2D eigenvalue weighted by Gasteiger charge is -2.32. The van der Waals surface area contributed by atoms with E-state index in [1.807, 2.05) is 0 Å². The third-order valence-electron chi connectivity index (χ3n) is 6.84. The van der Waals surface area contributed by atoms with Gasteiger partial charge in [-0.2, -0.15) is 0 Å². The van der Waals surface area contributed by atoms with E-state index >= 15 is 0 Å². The number of fused-ring (bicyclic) bond motifs is 1. The average molecular weight is 431 g/mol. The molecular formula is C25H34O6. The quantitative estimate of drug-likeness (QED) is 0.290. The van der Waals surface area contributed by atoms with Crippen LogP contribution >= 0.6 is 0 Å². The molecule has 31 heavy (non-hydrogen) atoms. The topological polar surface area (TPSA) is 89.9 Å². The molecule has 0 bridgehead atoms. The summed E-state index contributed by atoms with van der Waals surface area (Å²) in [5.41, 5.74) is 0.651. The molecule has 0 aromatic heterocycles. The Kier molecular flexibility index (Phi) is 7.80. The summed E-state index contributed by atoms with van der Waals surface area (Å²) in [5, 5.41) is 8.81. The van der Waals surface area contributed by atoms with Crippen molar-refractivity contribution >= 4 is 17.9 Å². The summed E-state index contributed by atoms with van der Waals surface area (Å²) in [4.78, 5) is 34.1. The first-order valence-electron chi connectivity index (χ1n) is 11.6. The summed E-state index contributed by atoms with van der Waals surface area (Å²) in [7, 11) is 0. The molecule has 6 heteroatoms. The molecule has 0 amide bonds. The SMILES string of the molecule is CC(=O)O[C@@H]1CC2C/C(=C/CCCC(=O)O)CC2[C@H]1C#CC1(OC(C)=O)CCCCC1. The largest absolute Gasteiger partial charge is 0.481 e. The predicted molar refractivity (Wildman–Crippen MR) is 115 cm³/mol. The highest BCUT2D eigenvalue weighted by Crippen LogP contribution is 2.51. The maximum Gasteiger partial charge on any atom is 0.304 e. The van der Waals surface area contributed by atoms with Gasteiger partial charge in [-0.15, -0.1) is 0 Å². The average Bonchev–Trinajstić information content (AvgIpc) is 3.20. The van der Waals surface area contributed by atoms with E-state index in [0.29, 0.717) is 18.3 Å². The molecule has 3 saturated carbocycles. The lowest BCUT2D eigenvalue weighted by atomic mass is 9.83. The number of carbonyl (C=O) groups is 3. The van der Waals surface area contributed by atoms with Crippen molar-refractivity contribution in [1.29, 1.82) is 0 Å². The van der Waals surface area contributed by atoms with E-state index in [9.17, 15) is 14.4 Å². The number of ether oxygens (including phenoxy) is 2. The first-order valence-corrected chi connectivity index (χ1v) is 11.6. The van der Waals surface area contributed by atoms with Gasteiger partial charge in [-0.25, -0.2) is 0 Å². The van der Waals surface area contributed by atoms with Gasteiger partial charge in [0.1, 0.15) is 6.10 Å². The Hall–Kier alpha value is -2.29. The van der Waals surface area contributed by atoms with Crippen molar-refractivity contribution in [3.63, 3.8) is 0 Å². The first-order chi connectivity index (χ1) is 14.8. The molecule has 3 aliphatic carbocycles. The fraction of sp³-hybridized carbons (Fsp3) is 0.720. The van der Waals surface area contributed by atoms with Crippen LogP contribution in [0.15, 0.2) is 11.6 Å². The van der Waals surface area contributed by atoms with Crippen molar-refractivity contribution < 1.29 is 29.0 Å². The van der Waals surface area contributed by atoms with Crippen LogP contribution in [0, 0.1) is 29.6 Å². The Morgan fingerprint density at radius 3 is 2.52 bits per heavy atom. The number of esters is 2. The van der Waals surface area contributed by atoms with Gasteiger partial charge in [0.05, 0.1) is 5.92 Å². The first kappa shape index (κ1) is 23.4. The van der Waals surface area contributed by atoms with Crippen molar-refractivity contribution in [3.05, 3.63) is 11.6 Å². The van der Waals surface area contributed by atoms with Gasteiger partial charge >= 0.3 is 17.9 Å². The Bertz CT molecular complexity index is 780. The highest BCUT2D eigenvalue weighted by atomic mass is 16.6. The Morgan fingerprint density at radius 1 is 1.13 bits per heavy atom. The van der Waals surface area contributed by atoms with Gasteiger partial charge in [0, 0.05) is 20.3 Å². The molecule has 4 atom stereocenters. The Balaban J connectivity index is 1.75. The number of carboxylic acids is 1. The fourth-order valence-corrected chi connectivity index (χ4v) is 5.57. The van der Waals surface area contributed by atoms with Gasteiger partial charge in [-0.1, -0.05) is 29.9 Å². The summed E-state index contributed by atoms with van der Waals surface area (Å²) in [6, 6.07) is 0. The van der Waals surface area contributed by atoms with Crippen LogP contribution in [0.25, 0.3) is 0 Å². The molecule has 6 nitrogen and oxygen atoms in total. The highest BCUT2D eigenvalue weighted by molar-refractivity contribution is 5.67. The molecule has 1 N–H and O–H groups in total. The molecular weight excluding hydrogens is 396 g/mol. The summed E-state index contributed by atoms with van der Waals surface area (Å²) in [5.74, 6) is 6.09. The molecule has 0 aromatic rings. The van der Waals surface area contributed by atoms with Gasteiger partial charge in [-0.3, -0.25) is 14.4 Å². The summed E-state index contributed by atoms with van der Waals surface area (Å²) >= 11 is 0. The zero-order valence-electron chi connectivity index (χ0n) is 18.7. The maximum atomic E-state index is 11.7. The molecule has 0 saturated heterocycles. The molecule has 0 aromatic carbocycles. The monoisotopic (exact) mass is 430 g/mol. The molecule has 0 spiro atoms. The van der Waals surface area contributed by atoms with E-state index in [2.05, 4.69) is 17.9 Å². The van der Waals surface area contributed by atoms with E-state index in [4.69, 9.17) is 14.6 Å². The number of carboxylic acid groups (broad SMARTS) is 1. The molecule has 0 heterocycles. The van der Waals surface area contributed by atoms with Crippen molar-refractivity contribution in [2.24, 2.45) is 17.8 Å². The van der Waals surface area contributed by atoms with Crippen molar-refractivity contribution in [2.75, 3.05) is 0 Å². The number of unbranched alkanes of at least 4 members (excludes halogenated alkanes) is 1. The summed E-state index contributed by atoms with van der Waals surface area (Å²) in [6.45, 7) is 2.87. The zero-order valence-corrected chi connectivity index (χ0v) is 18.7. The number of rotatable bonds is 6. The van der Waals surface area contributed by atoms with Gasteiger partial charge in [0.15, 0.2) is 5.60 Å². The lowest BCUT2D eigenvalue weighted by Crippen LogP contribution is -2.35. The van der Waals surface area contributed by atoms with E-state index in [1.165, 1.54) is 19.4 Å². The van der Waals surface area contributed by atoms with Crippen LogP contribution in [0.5, 0.6) is 0 Å². The van der Waals surface area contributed by atoms with Crippen LogP contribution in [0.2, 0.25) is 0 Å². The number of hydrogen-bond donors (Lipinski definition) is 1. The van der Waals surface area contributed by atoms with Gasteiger partial charge < -0.3 is 14.6 Å². The predicted octanol–water partition coefficient (Wildman–Crippen LogP) is 4.41. The van der Waals surface area contributed by atoms with Crippen LogP contribution in [0.1, 0.15) is 84.5 Å². The minimum Gasteiger partial charge on any atom is -0.481 e. The van der Waals surface area contributed by atoms with Crippen LogP contribution in [0.3, 0.4) is 0 Å². The third-order valence-corrected chi connectivity index (χ3v) is 6.84. The smallest absolute Gasteiger partial charge is 0.304 e. The highest BCUT2D eigenvalue weighted by Gasteiger charge is 2.48. The normalized spacial score (nSPS) is 30.2. The van der Waals surface area contributed by atoms with E-state index in [0.717, 1.165) is 57.8 Å². The molecule has 2 unspecified atom stereocenters. The van der Waals surface area contributed by atoms with Crippen molar-refractivity contribution in [3.8, 4) is 11.8 Å². The van der Waals surface area contributed by atoms with Crippen molar-refractivity contribution in [2.45, 2.75) is 96.2 Å². The molecule has 0 radical (unpaired) electrons. The van der Waals surface area contributed by atoms with Gasteiger partial charge in [0.25, 0.3) is 0 Å². The van der Waals surface area contributed by atoms with Crippen LogP contribution < -0.4 is 0 Å². The second-order valence-corrected chi connectivity index (χ2v) is 9.31. The number of carbonyl (C=O) groups excluding carboxylic acids is 2. The van der Waals surface area contributed by atoms with E-state index in [-0.39, 0.29) is 30.4 Å².